The predicted octanol–water partition coefficient (Wildman–Crippen LogP) is -4.27. The van der Waals surface area contributed by atoms with Gasteiger partial charge in [-0.2, -0.15) is 18.2 Å². The molecule has 0 saturated carbocycles. The zero-order chi connectivity index (χ0) is 56.1. The van der Waals surface area contributed by atoms with Crippen molar-refractivity contribution in [1.29, 1.82) is 0 Å². The highest BCUT2D eigenvalue weighted by molar-refractivity contribution is 7.66. The monoisotopic (exact) mass is 1170 g/mol. The molecule has 0 radical (unpaired) electrons. The number of aliphatic hydroxyl groups is 3. The number of aliphatic hydroxyl groups excluding tert-OH is 3. The molecule has 0 aromatic carbocycles. The third-order valence-corrected chi connectivity index (χ3v) is 18.4. The van der Waals surface area contributed by atoms with E-state index in [1.165, 1.54) is 22.5 Å². The van der Waals surface area contributed by atoms with Gasteiger partial charge in [0, 0.05) is 38.3 Å². The number of nitrogen functional groups attached to an aromatic ring is 2. The van der Waals surface area contributed by atoms with Crippen molar-refractivity contribution in [3.8, 4) is 0 Å². The first-order valence-corrected chi connectivity index (χ1v) is 28.7. The van der Waals surface area contributed by atoms with Gasteiger partial charge >= 0.3 is 34.7 Å². The van der Waals surface area contributed by atoms with Crippen molar-refractivity contribution in [2.24, 2.45) is 13.0 Å². The van der Waals surface area contributed by atoms with Crippen LogP contribution in [0, 0.1) is 5.92 Å². The van der Waals surface area contributed by atoms with Crippen LogP contribution in [0.15, 0.2) is 45.6 Å². The molecule has 5 aromatic heterocycles. The van der Waals surface area contributed by atoms with Crippen LogP contribution in [-0.2, 0) is 71.2 Å². The molecule has 3 fully saturated rings. The van der Waals surface area contributed by atoms with Crippen LogP contribution in [-0.4, -0.2) is 161 Å². The maximum atomic E-state index is 14.2. The number of aromatic amines is 2. The van der Waals surface area contributed by atoms with E-state index in [0.29, 0.717) is 6.42 Å². The van der Waals surface area contributed by atoms with Crippen molar-refractivity contribution in [3.63, 3.8) is 0 Å². The average molecular weight is 1170 g/mol. The van der Waals surface area contributed by atoms with Gasteiger partial charge in [-0.25, -0.2) is 38.0 Å². The standard InChI is InChI=1S/C36H51N13O24P4/c1-4-5-19(50)39-8-15-16(69-32(23(15)52)49-14-46(2)22-30(49)44-35(38)45-31(22)55)9-67-75(59,60)72-77(63,64)73-76(61,62)68-11-18-27(26(65-3)34(71-18)48-13-42-21-28(37)40-12-41-29(21)48)74(57,58)66-10-17-24(53)25(54)33(70-17)47-7-6-20(51)43-36(47)56/h6-7,12-18,23-27,32-34,52-54H,4-5,8-11H2,1-3H3,(H10-,37,38,39,40,41,43,44,45,50,51,55,56,57,58,59,60,61,62,63,64)/t15-,16-,17-,18-,23-,24-,25-,26-,27-,32-,33-,34-/m1/s1. The van der Waals surface area contributed by atoms with Crippen LogP contribution in [0.3, 0.4) is 0 Å². The molecule has 5 aromatic rings. The summed E-state index contributed by atoms with van der Waals surface area (Å²) in [7, 11) is -21.2. The number of carbonyl (C=O) groups excluding carboxylic acids is 1. The lowest BCUT2D eigenvalue weighted by Gasteiger charge is -2.35. The molecule has 3 aliphatic rings. The minimum atomic E-state index is -6.25. The first kappa shape index (κ1) is 58.1. The number of carbonyl (C=O) groups is 1. The first-order valence-electron chi connectivity index (χ1n) is 22.6. The summed E-state index contributed by atoms with van der Waals surface area (Å²) in [6, 6.07) is 0.913. The summed E-state index contributed by atoms with van der Waals surface area (Å²) in [5.74, 6) is -2.02. The summed E-state index contributed by atoms with van der Waals surface area (Å²) in [5, 5.41) is 35.5. The van der Waals surface area contributed by atoms with Crippen LogP contribution >= 0.6 is 31.1 Å². The fourth-order valence-electron chi connectivity index (χ4n) is 8.86. The molecule has 4 unspecified atom stereocenters. The molecule has 16 atom stereocenters. The Hall–Kier alpha value is -5.07. The second kappa shape index (κ2) is 22.6. The number of H-pyrrole nitrogens is 2. The second-order valence-corrected chi connectivity index (χ2v) is 24.0. The van der Waals surface area contributed by atoms with E-state index < -0.39 is 147 Å². The van der Waals surface area contributed by atoms with E-state index in [0.717, 1.165) is 41.2 Å². The largest absolute Gasteiger partial charge is 0.778 e. The number of rotatable bonds is 22. The number of aryl methyl sites for hydroxylation is 1. The summed E-state index contributed by atoms with van der Waals surface area (Å²) in [6.45, 7) is -2.06. The number of phosphoric acid groups is 3. The Morgan fingerprint density at radius 2 is 1.47 bits per heavy atom. The van der Waals surface area contributed by atoms with Crippen molar-refractivity contribution >= 4 is 71.1 Å². The Kier molecular flexibility index (Phi) is 17.0. The molecule has 1 amide bonds. The molecule has 13 N–H and O–H groups in total. The Morgan fingerprint density at radius 3 is 2.13 bits per heavy atom. The SMILES string of the molecule is CCCC(=O)NC[C@H]1[C@@H](O)[C@H](n2c[n+](C)c3c(=O)[nH]c(N)nc32)O[C@@H]1COP(=O)(O)OP(=O)(O)OP(=O)(O)OC[C@H]1O[C@@H](n2cnc3c(N)ncnc32)[C@H](OC)[C@@H]1P(=O)([O-])OC[C@H]1O[C@@H](n2ccc(=O)[nH]c2=O)[C@H](O)[C@@H]1O. The minimum Gasteiger partial charge on any atom is -0.778 e. The lowest BCUT2D eigenvalue weighted by atomic mass is 9.98. The number of nitrogens with one attached hydrogen (secondary N) is 3. The number of hydrogen-bond donors (Lipinski definition) is 11. The van der Waals surface area contributed by atoms with Gasteiger partial charge in [0.15, 0.2) is 23.9 Å². The third-order valence-electron chi connectivity index (χ3n) is 12.3. The van der Waals surface area contributed by atoms with Crippen molar-refractivity contribution in [2.75, 3.05) is 44.9 Å². The molecule has 424 valence electrons. The van der Waals surface area contributed by atoms with Crippen molar-refractivity contribution in [2.45, 2.75) is 86.8 Å². The predicted molar refractivity (Wildman–Crippen MR) is 250 cm³/mol. The number of methoxy groups -OCH3 is 1. The third kappa shape index (κ3) is 12.4. The maximum Gasteiger partial charge on any atom is 0.490 e. The fourth-order valence-corrected chi connectivity index (χ4v) is 14.1. The molecule has 8 heterocycles. The van der Waals surface area contributed by atoms with Gasteiger partial charge in [-0.1, -0.05) is 6.92 Å². The van der Waals surface area contributed by atoms with Crippen LogP contribution in [0.1, 0.15) is 38.4 Å². The number of fused-ring (bicyclic) bond motifs is 2. The molecule has 3 aliphatic heterocycles. The second-order valence-electron chi connectivity index (χ2n) is 17.4. The molecule has 0 bridgehead atoms. The number of phosphoric ester groups is 2. The number of aromatic nitrogens is 10. The van der Waals surface area contributed by atoms with Gasteiger partial charge in [0.1, 0.15) is 50.0 Å². The number of anilines is 2. The van der Waals surface area contributed by atoms with E-state index in [-0.39, 0.29) is 47.1 Å². The zero-order valence-electron chi connectivity index (χ0n) is 40.1. The first-order chi connectivity index (χ1) is 36.1. The van der Waals surface area contributed by atoms with Crippen LogP contribution in [0.5, 0.6) is 0 Å². The number of hydrogen-bond acceptors (Lipinski definition) is 27. The highest BCUT2D eigenvalue weighted by Gasteiger charge is 2.55. The van der Waals surface area contributed by atoms with Gasteiger partial charge < -0.3 is 79.7 Å². The van der Waals surface area contributed by atoms with Gasteiger partial charge in [-0.05, 0) is 6.42 Å². The summed E-state index contributed by atoms with van der Waals surface area (Å²) >= 11 is 0. The molecule has 37 nitrogen and oxygen atoms in total. The summed E-state index contributed by atoms with van der Waals surface area (Å²) in [5.41, 5.74) is 6.99. The molecule has 3 saturated heterocycles. The summed E-state index contributed by atoms with van der Waals surface area (Å²) in [4.78, 5) is 116. The number of nitrogens with two attached hydrogens (primary N) is 2. The van der Waals surface area contributed by atoms with Gasteiger partial charge in [0.05, 0.1) is 51.1 Å². The average Bonchev–Trinajstić information content (AvgIpc) is 4.19. The Balaban J connectivity index is 0.965. The Morgan fingerprint density at radius 1 is 0.831 bits per heavy atom. The number of imidazole rings is 2. The van der Waals surface area contributed by atoms with E-state index >= 15 is 0 Å². The number of amides is 1. The van der Waals surface area contributed by atoms with Crippen molar-refractivity contribution in [3.05, 3.63) is 62.4 Å². The van der Waals surface area contributed by atoms with Crippen molar-refractivity contribution < 1.29 is 104 Å². The molecule has 41 heteroatoms. The smallest absolute Gasteiger partial charge is 0.490 e. The van der Waals surface area contributed by atoms with E-state index in [4.69, 9.17) is 44.0 Å². The summed E-state index contributed by atoms with van der Waals surface area (Å²) in [6.07, 6.45) is -11.9. The maximum absolute atomic E-state index is 14.2. The molecular formula is C36H51N13O24P4. The normalized spacial score (nSPS) is 29.8. The van der Waals surface area contributed by atoms with Crippen LogP contribution in [0.25, 0.3) is 22.3 Å². The number of nitrogens with zero attached hydrogens (tertiary/aromatic N) is 8. The topological polar surface area (TPSA) is 530 Å². The molecule has 0 spiro atoms. The van der Waals surface area contributed by atoms with E-state index in [1.54, 1.807) is 6.92 Å². The van der Waals surface area contributed by atoms with Gasteiger partial charge in [0.2, 0.25) is 24.4 Å². The molecule has 77 heavy (non-hydrogen) atoms. The zero-order valence-corrected chi connectivity index (χ0v) is 43.7. The molecular weight excluding hydrogens is 1120 g/mol. The van der Waals surface area contributed by atoms with Crippen LogP contribution in [0.2, 0.25) is 0 Å². The quantitative estimate of drug-likeness (QED) is 0.0231. The summed E-state index contributed by atoms with van der Waals surface area (Å²) < 4.78 is 105. The van der Waals surface area contributed by atoms with Gasteiger partial charge in [-0.15, -0.1) is 0 Å². The van der Waals surface area contributed by atoms with Crippen LogP contribution in [0.4, 0.5) is 11.8 Å². The van der Waals surface area contributed by atoms with Gasteiger partial charge in [-0.3, -0.25) is 42.5 Å². The Labute approximate surface area is 430 Å². The van der Waals surface area contributed by atoms with E-state index in [9.17, 15) is 72.3 Å². The van der Waals surface area contributed by atoms with Gasteiger partial charge in [0.25, 0.3) is 16.7 Å². The fraction of sp³-hybridized carbons (Fsp3) is 0.583. The number of ether oxygens (including phenoxy) is 4. The van der Waals surface area contributed by atoms with Crippen molar-refractivity contribution in [1.82, 2.24) is 48.9 Å². The highest BCUT2D eigenvalue weighted by atomic mass is 31.3. The molecule has 8 rings (SSSR count). The lowest BCUT2D eigenvalue weighted by Crippen LogP contribution is -2.40. The molecule has 0 aliphatic carbocycles. The minimum absolute atomic E-state index is 0.00193. The van der Waals surface area contributed by atoms with Crippen LogP contribution < -0.4 is 43.1 Å². The van der Waals surface area contributed by atoms with E-state index in [2.05, 4.69) is 38.9 Å². The lowest BCUT2D eigenvalue weighted by molar-refractivity contribution is -0.646. The van der Waals surface area contributed by atoms with E-state index in [1.807, 2.05) is 4.98 Å². The Bertz CT molecular complexity index is 3390. The highest BCUT2D eigenvalue weighted by Crippen LogP contribution is 2.68.